The van der Waals surface area contributed by atoms with Gasteiger partial charge in [-0.3, -0.25) is 0 Å². The molecule has 96 valence electrons. The van der Waals surface area contributed by atoms with Crippen molar-refractivity contribution in [1.82, 2.24) is 0 Å². The molecule has 0 heterocycles. The lowest BCUT2D eigenvalue weighted by molar-refractivity contribution is 0.697. The minimum absolute atomic E-state index is 0.636. The molecule has 2 heteroatoms. The van der Waals surface area contributed by atoms with E-state index in [1.807, 2.05) is 0 Å². The van der Waals surface area contributed by atoms with Crippen molar-refractivity contribution in [2.45, 2.75) is 57.5 Å². The van der Waals surface area contributed by atoms with Crippen molar-refractivity contribution in [3.63, 3.8) is 0 Å². The number of rotatable bonds is 8. The van der Waals surface area contributed by atoms with Crippen LogP contribution in [0.15, 0.2) is 30.3 Å². The van der Waals surface area contributed by atoms with Crippen LogP contribution in [0.1, 0.15) is 51.0 Å². The van der Waals surface area contributed by atoms with E-state index in [-0.39, 0.29) is 0 Å². The third kappa shape index (κ3) is 6.28. The van der Waals surface area contributed by atoms with Gasteiger partial charge in [0.25, 0.3) is 0 Å². The van der Waals surface area contributed by atoms with Gasteiger partial charge in [-0.2, -0.15) is 11.1 Å². The van der Waals surface area contributed by atoms with Gasteiger partial charge in [-0.25, -0.2) is 0 Å². The van der Waals surface area contributed by atoms with Crippen molar-refractivity contribution in [1.29, 1.82) is 0 Å². The highest BCUT2D eigenvalue weighted by molar-refractivity contribution is 7.07. The van der Waals surface area contributed by atoms with Gasteiger partial charge in [-0.05, 0) is 23.6 Å². The first-order valence-corrected chi connectivity index (χ1v) is 10.3. The van der Waals surface area contributed by atoms with Gasteiger partial charge in [0.1, 0.15) is 8.11 Å². The summed E-state index contributed by atoms with van der Waals surface area (Å²) in [6.45, 7) is 4.57. The molecule has 0 bridgehead atoms. The number of unbranched alkanes of at least 4 members (excludes halogenated alkanes) is 3. The Kier molecular flexibility index (Phi) is 7.62. The Bertz CT molecular complexity index is 286. The van der Waals surface area contributed by atoms with Gasteiger partial charge in [0.2, 0.25) is 0 Å². The summed E-state index contributed by atoms with van der Waals surface area (Å²) >= 11 is 6.54. The highest BCUT2D eigenvalue weighted by atomic mass is 35.6. The molecule has 1 rings (SSSR count). The van der Waals surface area contributed by atoms with Crippen LogP contribution < -0.4 is 0 Å². The minimum Gasteiger partial charge on any atom is -0.172 e. The normalized spacial score (nSPS) is 14.5. The number of hydrogen-bond donors (Lipinski definition) is 0. The van der Waals surface area contributed by atoms with Crippen LogP contribution in [0, 0.1) is 0 Å². The van der Waals surface area contributed by atoms with E-state index in [0.717, 1.165) is 0 Å². The van der Waals surface area contributed by atoms with Gasteiger partial charge in [-0.15, -0.1) is 0 Å². The van der Waals surface area contributed by atoms with Crippen LogP contribution >= 0.6 is 11.1 Å². The predicted molar refractivity (Wildman–Crippen MR) is 81.6 cm³/mol. The van der Waals surface area contributed by atoms with Gasteiger partial charge in [-0.1, -0.05) is 69.9 Å². The van der Waals surface area contributed by atoms with Crippen LogP contribution in [0.5, 0.6) is 0 Å². The molecule has 0 aliphatic carbocycles. The Balaban J connectivity index is 2.24. The van der Waals surface area contributed by atoms with Gasteiger partial charge in [0, 0.05) is 0 Å². The molecule has 0 saturated carbocycles. The van der Waals surface area contributed by atoms with Crippen molar-refractivity contribution in [2.24, 2.45) is 0 Å². The molecule has 0 aromatic heterocycles. The molecule has 1 aromatic carbocycles. The summed E-state index contributed by atoms with van der Waals surface area (Å²) in [5.74, 6) is 0.636. The SMILES string of the molecule is CCCCCC[SiH](Cl)CC(C)c1ccccc1. The van der Waals surface area contributed by atoms with Gasteiger partial charge in [0.05, 0.1) is 0 Å². The fraction of sp³-hybridized carbons (Fsp3) is 0.600. The molecular formula is C15H25ClSi. The quantitative estimate of drug-likeness (QED) is 0.339. The van der Waals surface area contributed by atoms with Gasteiger partial charge in [0.15, 0.2) is 0 Å². The smallest absolute Gasteiger partial charge is 0.141 e. The first-order chi connectivity index (χ1) is 8.24. The lowest BCUT2D eigenvalue weighted by Crippen LogP contribution is -2.08. The Morgan fingerprint density at radius 1 is 1.12 bits per heavy atom. The van der Waals surface area contributed by atoms with Gasteiger partial charge >= 0.3 is 0 Å². The summed E-state index contributed by atoms with van der Waals surface area (Å²) in [4.78, 5) is 0. The second kappa shape index (κ2) is 8.76. The van der Waals surface area contributed by atoms with Crippen molar-refractivity contribution in [3.8, 4) is 0 Å². The fourth-order valence-electron chi connectivity index (χ4n) is 2.21. The standard InChI is InChI=1S/C15H25ClSi/c1-3-4-5-9-12-17(16)13-14(2)15-10-7-6-8-11-15/h6-8,10-11,14,17H,3-5,9,12-13H2,1-2H3. The first kappa shape index (κ1) is 14.8. The lowest BCUT2D eigenvalue weighted by atomic mass is 10.0. The molecule has 2 atom stereocenters. The molecule has 0 aliphatic rings. The van der Waals surface area contributed by atoms with Crippen molar-refractivity contribution in [2.75, 3.05) is 0 Å². The first-order valence-electron chi connectivity index (χ1n) is 6.93. The van der Waals surface area contributed by atoms with Crippen LogP contribution in [-0.4, -0.2) is 8.11 Å². The summed E-state index contributed by atoms with van der Waals surface area (Å²) in [5, 5.41) is 0. The van der Waals surface area contributed by atoms with Crippen LogP contribution in [0.2, 0.25) is 12.1 Å². The summed E-state index contributed by atoms with van der Waals surface area (Å²) in [6, 6.07) is 13.3. The third-order valence-electron chi connectivity index (χ3n) is 3.35. The van der Waals surface area contributed by atoms with E-state index in [1.165, 1.54) is 43.3 Å². The summed E-state index contributed by atoms with van der Waals surface area (Å²) < 4.78 is 0. The molecule has 0 aliphatic heterocycles. The van der Waals surface area contributed by atoms with Crippen LogP contribution in [0.4, 0.5) is 0 Å². The Morgan fingerprint density at radius 3 is 2.47 bits per heavy atom. The lowest BCUT2D eigenvalue weighted by Gasteiger charge is -2.14. The average molecular weight is 269 g/mol. The zero-order valence-corrected chi connectivity index (χ0v) is 13.1. The molecule has 0 saturated heterocycles. The largest absolute Gasteiger partial charge is 0.172 e. The minimum atomic E-state index is -1.00. The maximum Gasteiger partial charge on any atom is 0.141 e. The van der Waals surface area contributed by atoms with Crippen molar-refractivity contribution in [3.05, 3.63) is 35.9 Å². The number of halogens is 1. The molecule has 17 heavy (non-hydrogen) atoms. The second-order valence-electron chi connectivity index (χ2n) is 4.99. The Labute approximate surface area is 113 Å². The molecule has 1 aromatic rings. The molecule has 0 amide bonds. The Morgan fingerprint density at radius 2 is 1.82 bits per heavy atom. The summed E-state index contributed by atoms with van der Waals surface area (Å²) in [6.07, 6.45) is 5.39. The molecule has 0 fully saturated rings. The Hall–Kier alpha value is -0.273. The van der Waals surface area contributed by atoms with E-state index < -0.39 is 8.11 Å². The average Bonchev–Trinajstić information content (AvgIpc) is 2.36. The zero-order valence-electron chi connectivity index (χ0n) is 11.2. The fourth-order valence-corrected chi connectivity index (χ4v) is 5.48. The molecule has 0 N–H and O–H groups in total. The molecule has 0 radical (unpaired) electrons. The van der Waals surface area contributed by atoms with Crippen LogP contribution in [0.25, 0.3) is 0 Å². The molecule has 0 nitrogen and oxygen atoms in total. The van der Waals surface area contributed by atoms with Crippen LogP contribution in [-0.2, 0) is 0 Å². The van der Waals surface area contributed by atoms with Crippen LogP contribution in [0.3, 0.4) is 0 Å². The van der Waals surface area contributed by atoms with Crippen molar-refractivity contribution < 1.29 is 0 Å². The second-order valence-corrected chi connectivity index (χ2v) is 9.09. The van der Waals surface area contributed by atoms with E-state index in [1.54, 1.807) is 0 Å². The molecular weight excluding hydrogens is 244 g/mol. The van der Waals surface area contributed by atoms with Gasteiger partial charge < -0.3 is 0 Å². The predicted octanol–water partition coefficient (Wildman–Crippen LogP) is 5.33. The van der Waals surface area contributed by atoms with E-state index in [0.29, 0.717) is 5.92 Å². The highest BCUT2D eigenvalue weighted by Gasteiger charge is 2.13. The maximum absolute atomic E-state index is 6.54. The number of benzene rings is 1. The maximum atomic E-state index is 6.54. The summed E-state index contributed by atoms with van der Waals surface area (Å²) in [7, 11) is -1.00. The van der Waals surface area contributed by atoms with E-state index >= 15 is 0 Å². The van der Waals surface area contributed by atoms with E-state index in [2.05, 4.69) is 44.2 Å². The zero-order chi connectivity index (χ0) is 12.5. The third-order valence-corrected chi connectivity index (χ3v) is 6.79. The number of hydrogen-bond acceptors (Lipinski definition) is 0. The monoisotopic (exact) mass is 268 g/mol. The topological polar surface area (TPSA) is 0 Å². The van der Waals surface area contributed by atoms with E-state index in [4.69, 9.17) is 11.1 Å². The molecule has 0 spiro atoms. The summed E-state index contributed by atoms with van der Waals surface area (Å²) in [5.41, 5.74) is 1.44. The highest BCUT2D eigenvalue weighted by Crippen LogP contribution is 2.24. The molecule has 2 unspecified atom stereocenters. The van der Waals surface area contributed by atoms with Crippen molar-refractivity contribution >= 4 is 19.2 Å². The van der Waals surface area contributed by atoms with E-state index in [9.17, 15) is 0 Å².